The van der Waals surface area contributed by atoms with E-state index in [2.05, 4.69) is 40.1 Å². The summed E-state index contributed by atoms with van der Waals surface area (Å²) in [5, 5.41) is 3.45. The number of unbranched alkanes of at least 4 members (excludes halogenated alkanes) is 2. The fraction of sp³-hybridized carbons (Fsp3) is 1.00. The standard InChI is InChI=1S/C17H37N/c1-6-10-12-16(8-3)14-17(9-4,15-18-5)13-11-7-2/h16,18H,6-15H2,1-5H3. The monoisotopic (exact) mass is 255 g/mol. The fourth-order valence-electron chi connectivity index (χ4n) is 3.19. The first kappa shape index (κ1) is 18.0. The molecule has 0 aliphatic heterocycles. The Labute approximate surface area is 116 Å². The molecule has 0 rings (SSSR count). The summed E-state index contributed by atoms with van der Waals surface area (Å²) in [6, 6.07) is 0. The van der Waals surface area contributed by atoms with Crippen LogP contribution in [0.15, 0.2) is 0 Å². The minimum Gasteiger partial charge on any atom is -0.319 e. The van der Waals surface area contributed by atoms with E-state index in [1.165, 1.54) is 64.3 Å². The van der Waals surface area contributed by atoms with Crippen molar-refractivity contribution < 1.29 is 0 Å². The summed E-state index contributed by atoms with van der Waals surface area (Å²) in [7, 11) is 2.11. The van der Waals surface area contributed by atoms with Crippen LogP contribution in [-0.4, -0.2) is 13.6 Å². The summed E-state index contributed by atoms with van der Waals surface area (Å²) in [5.74, 6) is 0.940. The zero-order valence-electron chi connectivity index (χ0n) is 13.6. The maximum Gasteiger partial charge on any atom is 0.000480 e. The summed E-state index contributed by atoms with van der Waals surface area (Å²) in [4.78, 5) is 0. The lowest BCUT2D eigenvalue weighted by atomic mass is 9.72. The molecule has 0 spiro atoms. The minimum absolute atomic E-state index is 0.555. The molecule has 0 bridgehead atoms. The van der Waals surface area contributed by atoms with E-state index in [1.54, 1.807) is 0 Å². The third kappa shape index (κ3) is 6.78. The van der Waals surface area contributed by atoms with Crippen molar-refractivity contribution in [2.24, 2.45) is 11.3 Å². The molecular weight excluding hydrogens is 218 g/mol. The molecule has 1 N–H and O–H groups in total. The van der Waals surface area contributed by atoms with Gasteiger partial charge < -0.3 is 5.32 Å². The molecule has 0 fully saturated rings. The molecule has 2 unspecified atom stereocenters. The molecule has 0 radical (unpaired) electrons. The van der Waals surface area contributed by atoms with E-state index < -0.39 is 0 Å². The predicted octanol–water partition coefficient (Wildman–Crippen LogP) is 5.40. The van der Waals surface area contributed by atoms with E-state index in [4.69, 9.17) is 0 Å². The summed E-state index contributed by atoms with van der Waals surface area (Å²) >= 11 is 0. The molecular formula is C17H37N. The van der Waals surface area contributed by atoms with E-state index in [1.807, 2.05) is 0 Å². The molecule has 1 nitrogen and oxygen atoms in total. The SMILES string of the molecule is CCCCC(CC)CC(CC)(CCCC)CNC. The van der Waals surface area contributed by atoms with Gasteiger partial charge >= 0.3 is 0 Å². The second kappa shape index (κ2) is 10.8. The van der Waals surface area contributed by atoms with Crippen molar-refractivity contribution in [3.8, 4) is 0 Å². The molecule has 0 aromatic carbocycles. The Bertz CT molecular complexity index is 178. The second-order valence-electron chi connectivity index (χ2n) is 6.11. The number of hydrogen-bond acceptors (Lipinski definition) is 1. The maximum atomic E-state index is 3.45. The van der Waals surface area contributed by atoms with Gasteiger partial charge in [0.05, 0.1) is 0 Å². The molecule has 0 aliphatic rings. The zero-order valence-corrected chi connectivity index (χ0v) is 13.6. The number of nitrogens with one attached hydrogen (secondary N) is 1. The van der Waals surface area contributed by atoms with Gasteiger partial charge in [0.25, 0.3) is 0 Å². The number of hydrogen-bond donors (Lipinski definition) is 1. The lowest BCUT2D eigenvalue weighted by Crippen LogP contribution is -2.34. The Morgan fingerprint density at radius 1 is 1.00 bits per heavy atom. The second-order valence-corrected chi connectivity index (χ2v) is 6.11. The topological polar surface area (TPSA) is 12.0 Å². The van der Waals surface area contributed by atoms with Crippen molar-refractivity contribution in [2.75, 3.05) is 13.6 Å². The molecule has 18 heavy (non-hydrogen) atoms. The van der Waals surface area contributed by atoms with Crippen LogP contribution in [0.3, 0.4) is 0 Å². The van der Waals surface area contributed by atoms with Gasteiger partial charge in [-0.25, -0.2) is 0 Å². The lowest BCUT2D eigenvalue weighted by molar-refractivity contribution is 0.169. The largest absolute Gasteiger partial charge is 0.319 e. The first-order valence-electron chi connectivity index (χ1n) is 8.32. The van der Waals surface area contributed by atoms with Crippen LogP contribution in [0, 0.1) is 11.3 Å². The zero-order chi connectivity index (χ0) is 13.9. The van der Waals surface area contributed by atoms with Gasteiger partial charge in [0, 0.05) is 6.54 Å². The summed E-state index contributed by atoms with van der Waals surface area (Å²) in [5.41, 5.74) is 0.555. The highest BCUT2D eigenvalue weighted by atomic mass is 14.8. The first-order valence-corrected chi connectivity index (χ1v) is 8.32. The van der Waals surface area contributed by atoms with Crippen LogP contribution in [-0.2, 0) is 0 Å². The van der Waals surface area contributed by atoms with Crippen molar-refractivity contribution in [1.29, 1.82) is 0 Å². The van der Waals surface area contributed by atoms with Gasteiger partial charge in [0.1, 0.15) is 0 Å². The molecule has 2 atom stereocenters. The van der Waals surface area contributed by atoms with Gasteiger partial charge in [0.15, 0.2) is 0 Å². The van der Waals surface area contributed by atoms with Crippen LogP contribution >= 0.6 is 0 Å². The molecule has 0 aliphatic carbocycles. The first-order chi connectivity index (χ1) is 8.67. The van der Waals surface area contributed by atoms with Crippen LogP contribution in [0.1, 0.15) is 85.5 Å². The lowest BCUT2D eigenvalue weighted by Gasteiger charge is -2.36. The molecule has 0 aromatic heterocycles. The molecule has 110 valence electrons. The Morgan fingerprint density at radius 2 is 1.67 bits per heavy atom. The van der Waals surface area contributed by atoms with Crippen molar-refractivity contribution >= 4 is 0 Å². The Morgan fingerprint density at radius 3 is 2.11 bits per heavy atom. The van der Waals surface area contributed by atoms with Gasteiger partial charge in [-0.05, 0) is 37.6 Å². The van der Waals surface area contributed by atoms with Crippen LogP contribution in [0.2, 0.25) is 0 Å². The van der Waals surface area contributed by atoms with Crippen molar-refractivity contribution in [2.45, 2.75) is 85.5 Å². The normalized spacial score (nSPS) is 16.5. The highest BCUT2D eigenvalue weighted by molar-refractivity contribution is 4.82. The molecule has 0 saturated carbocycles. The highest BCUT2D eigenvalue weighted by Crippen LogP contribution is 2.37. The van der Waals surface area contributed by atoms with Crippen LogP contribution in [0.4, 0.5) is 0 Å². The van der Waals surface area contributed by atoms with E-state index in [0.717, 1.165) is 5.92 Å². The summed E-state index contributed by atoms with van der Waals surface area (Å²) < 4.78 is 0. The van der Waals surface area contributed by atoms with E-state index >= 15 is 0 Å². The Hall–Kier alpha value is -0.0400. The molecule has 0 heterocycles. The van der Waals surface area contributed by atoms with Gasteiger partial charge in [-0.15, -0.1) is 0 Å². The van der Waals surface area contributed by atoms with Crippen LogP contribution < -0.4 is 5.32 Å². The highest BCUT2D eigenvalue weighted by Gasteiger charge is 2.29. The van der Waals surface area contributed by atoms with Crippen LogP contribution in [0.25, 0.3) is 0 Å². The summed E-state index contributed by atoms with van der Waals surface area (Å²) in [6.07, 6.45) is 12.4. The molecule has 0 aromatic rings. The predicted molar refractivity (Wildman–Crippen MR) is 84.1 cm³/mol. The molecule has 0 amide bonds. The molecule has 0 saturated heterocycles. The van der Waals surface area contributed by atoms with Crippen molar-refractivity contribution in [3.05, 3.63) is 0 Å². The third-order valence-electron chi connectivity index (χ3n) is 4.63. The minimum atomic E-state index is 0.555. The molecule has 1 heteroatoms. The van der Waals surface area contributed by atoms with Gasteiger partial charge in [-0.2, -0.15) is 0 Å². The van der Waals surface area contributed by atoms with Gasteiger partial charge in [0.2, 0.25) is 0 Å². The van der Waals surface area contributed by atoms with Gasteiger partial charge in [-0.1, -0.05) is 66.2 Å². The average Bonchev–Trinajstić information content (AvgIpc) is 2.40. The van der Waals surface area contributed by atoms with Crippen LogP contribution in [0.5, 0.6) is 0 Å². The summed E-state index contributed by atoms with van der Waals surface area (Å²) in [6.45, 7) is 10.6. The third-order valence-corrected chi connectivity index (χ3v) is 4.63. The Kier molecular flexibility index (Phi) is 10.8. The van der Waals surface area contributed by atoms with E-state index in [0.29, 0.717) is 5.41 Å². The van der Waals surface area contributed by atoms with E-state index in [9.17, 15) is 0 Å². The average molecular weight is 255 g/mol. The van der Waals surface area contributed by atoms with E-state index in [-0.39, 0.29) is 0 Å². The quantitative estimate of drug-likeness (QED) is 0.492. The fourth-order valence-corrected chi connectivity index (χ4v) is 3.19. The van der Waals surface area contributed by atoms with Crippen molar-refractivity contribution in [1.82, 2.24) is 5.32 Å². The van der Waals surface area contributed by atoms with Crippen molar-refractivity contribution in [3.63, 3.8) is 0 Å². The van der Waals surface area contributed by atoms with Gasteiger partial charge in [-0.3, -0.25) is 0 Å². The Balaban J connectivity index is 4.50. The maximum absolute atomic E-state index is 3.45. The number of rotatable bonds is 12. The smallest absolute Gasteiger partial charge is 0.000480 e.